The van der Waals surface area contributed by atoms with Crippen LogP contribution in [0.3, 0.4) is 0 Å². The van der Waals surface area contributed by atoms with Gasteiger partial charge >= 0.3 is 5.65 Å². The van der Waals surface area contributed by atoms with Crippen molar-refractivity contribution in [3.8, 4) is 17.5 Å². The molecule has 0 fully saturated rings. The van der Waals surface area contributed by atoms with E-state index in [9.17, 15) is 9.59 Å². The molecule has 0 spiro atoms. The molecule has 4 N–H and O–H groups in total. The maximum Gasteiger partial charge on any atom is 0.362 e. The van der Waals surface area contributed by atoms with Crippen molar-refractivity contribution in [3.05, 3.63) is 116 Å². The molecule has 1 amide bonds. The number of aromatic nitrogens is 5. The number of fused-ring (bicyclic) bond motifs is 2. The maximum atomic E-state index is 14.2. The molecule has 6 rings (SSSR count). The Hall–Kier alpha value is -5.27. The van der Waals surface area contributed by atoms with Gasteiger partial charge in [0.2, 0.25) is 0 Å². The lowest BCUT2D eigenvalue weighted by Gasteiger charge is -2.21. The number of carbonyl (C=O) groups excluding carboxylic acids is 1. The summed E-state index contributed by atoms with van der Waals surface area (Å²) in [6, 6.07) is 18.0. The number of anilines is 1. The van der Waals surface area contributed by atoms with Crippen molar-refractivity contribution in [3.63, 3.8) is 0 Å². The molecule has 4 heterocycles. The molecule has 0 saturated carbocycles. The average Bonchev–Trinajstić information content (AvgIpc) is 3.53. The third kappa shape index (κ3) is 4.48. The van der Waals surface area contributed by atoms with Crippen molar-refractivity contribution < 1.29 is 9.31 Å². The molecule has 6 aromatic rings. The molecule has 1 unspecified atom stereocenters. The first-order chi connectivity index (χ1) is 19.4. The van der Waals surface area contributed by atoms with Crippen molar-refractivity contribution in [1.82, 2.24) is 25.0 Å². The van der Waals surface area contributed by atoms with Crippen LogP contribution in [0.2, 0.25) is 0 Å². The van der Waals surface area contributed by atoms with Gasteiger partial charge in [-0.25, -0.2) is 10.1 Å². The highest BCUT2D eigenvalue weighted by atomic mass is 32.1. The lowest BCUT2D eigenvalue weighted by Crippen LogP contribution is -2.33. The van der Waals surface area contributed by atoms with Crippen LogP contribution >= 0.6 is 11.3 Å². The van der Waals surface area contributed by atoms with Gasteiger partial charge in [-0.1, -0.05) is 36.3 Å². The minimum absolute atomic E-state index is 0.195. The number of aryl methyl sites for hydroxylation is 1. The molecule has 0 aliphatic heterocycles. The van der Waals surface area contributed by atoms with Crippen LogP contribution < -0.4 is 21.1 Å². The number of aromatic amines is 1. The van der Waals surface area contributed by atoms with Gasteiger partial charge in [0.15, 0.2) is 11.4 Å². The number of para-hydroxylation sites is 1. The Kier molecular flexibility index (Phi) is 6.34. The zero-order valence-corrected chi connectivity index (χ0v) is 22.5. The number of nitrogen functional groups attached to an aromatic ring is 1. The van der Waals surface area contributed by atoms with Crippen LogP contribution in [-0.4, -0.2) is 25.5 Å². The predicted octanol–water partition coefficient (Wildman–Crippen LogP) is 3.69. The first-order valence-electron chi connectivity index (χ1n) is 12.5. The molecule has 0 aliphatic rings. The van der Waals surface area contributed by atoms with Gasteiger partial charge < -0.3 is 11.1 Å². The van der Waals surface area contributed by atoms with E-state index in [0.29, 0.717) is 33.7 Å². The third-order valence-corrected chi connectivity index (χ3v) is 7.31. The van der Waals surface area contributed by atoms with Gasteiger partial charge in [0.05, 0.1) is 16.4 Å². The van der Waals surface area contributed by atoms with Gasteiger partial charge in [0.25, 0.3) is 11.5 Å². The van der Waals surface area contributed by atoms with E-state index in [2.05, 4.69) is 32.2 Å². The first kappa shape index (κ1) is 25.0. The summed E-state index contributed by atoms with van der Waals surface area (Å²) in [6.07, 6.45) is 3.32. The van der Waals surface area contributed by atoms with Gasteiger partial charge in [0.1, 0.15) is 18.1 Å². The highest BCUT2D eigenvalue weighted by molar-refractivity contribution is 7.09. The number of H-pyrrole nitrogens is 1. The van der Waals surface area contributed by atoms with Crippen LogP contribution in [0.15, 0.2) is 83.2 Å². The lowest BCUT2D eigenvalue weighted by atomic mass is 10.0. The van der Waals surface area contributed by atoms with Gasteiger partial charge in [-0.15, -0.1) is 15.9 Å². The Morgan fingerprint density at radius 2 is 1.98 bits per heavy atom. The molecule has 9 nitrogen and oxygen atoms in total. The van der Waals surface area contributed by atoms with Crippen LogP contribution in [0, 0.1) is 18.8 Å². The molecular formula is C30H24N7O2S+. The summed E-state index contributed by atoms with van der Waals surface area (Å²) in [5.74, 6) is 6.01. The van der Waals surface area contributed by atoms with E-state index in [1.165, 1.54) is 11.3 Å². The van der Waals surface area contributed by atoms with Crippen LogP contribution in [0.5, 0.6) is 0 Å². The van der Waals surface area contributed by atoms with Crippen LogP contribution in [-0.2, 0) is 0 Å². The molecular weight excluding hydrogens is 522 g/mol. The predicted molar refractivity (Wildman–Crippen MR) is 154 cm³/mol. The molecule has 196 valence electrons. The van der Waals surface area contributed by atoms with E-state index >= 15 is 0 Å². The minimum Gasteiger partial charge on any atom is -0.382 e. The fourth-order valence-electron chi connectivity index (χ4n) is 4.72. The summed E-state index contributed by atoms with van der Waals surface area (Å²) in [6.45, 7) is 3.76. The van der Waals surface area contributed by atoms with E-state index in [1.54, 1.807) is 27.5 Å². The number of hydrogen-bond acceptors (Lipinski definition) is 6. The van der Waals surface area contributed by atoms with Crippen LogP contribution in [0.4, 0.5) is 5.82 Å². The number of thiazole rings is 1. The average molecular weight is 547 g/mol. The molecule has 4 aromatic heterocycles. The molecule has 0 saturated heterocycles. The zero-order valence-electron chi connectivity index (χ0n) is 21.7. The van der Waals surface area contributed by atoms with Gasteiger partial charge in [-0.3, -0.25) is 14.2 Å². The van der Waals surface area contributed by atoms with Gasteiger partial charge in [-0.2, -0.15) is 0 Å². The number of nitrogens with two attached hydrogens (primary N) is 1. The second-order valence-electron chi connectivity index (χ2n) is 9.23. The molecule has 0 aliphatic carbocycles. The van der Waals surface area contributed by atoms with Crippen molar-refractivity contribution in [2.24, 2.45) is 0 Å². The molecule has 40 heavy (non-hydrogen) atoms. The van der Waals surface area contributed by atoms with E-state index in [4.69, 9.17) is 5.73 Å². The number of hydrogen-bond donors (Lipinski definition) is 3. The minimum atomic E-state index is -0.560. The maximum absolute atomic E-state index is 14.2. The smallest absolute Gasteiger partial charge is 0.362 e. The van der Waals surface area contributed by atoms with Crippen molar-refractivity contribution in [2.45, 2.75) is 19.9 Å². The fourth-order valence-corrected chi connectivity index (χ4v) is 5.26. The van der Waals surface area contributed by atoms with E-state index in [1.807, 2.05) is 73.8 Å². The van der Waals surface area contributed by atoms with Crippen LogP contribution in [0.25, 0.3) is 22.1 Å². The Morgan fingerprint density at radius 3 is 2.75 bits per heavy atom. The summed E-state index contributed by atoms with van der Waals surface area (Å²) in [5.41, 5.74) is 9.09. The topological polar surface area (TPSA) is 123 Å². The van der Waals surface area contributed by atoms with Gasteiger partial charge in [-0.05, 0) is 54.4 Å². The molecule has 10 heteroatoms. The second kappa shape index (κ2) is 10.1. The zero-order chi connectivity index (χ0) is 27.8. The highest BCUT2D eigenvalue weighted by Crippen LogP contribution is 2.24. The summed E-state index contributed by atoms with van der Waals surface area (Å²) < 4.78 is 3.21. The third-order valence-electron chi connectivity index (χ3n) is 6.53. The number of pyridine rings is 1. The number of nitrogens with zero attached hydrogens (tertiary/aromatic N) is 4. The number of amides is 1. The standard InChI is InChI=1S/C30H23N7O2S/c1-18(33-29(38)26-27(31)35-36-15-7-14-32-28(26)36)24-16-21-9-6-8-20(12-13-22-17-40-19(2)34-22)25(21)30(39)37(24)23-10-4-3-5-11-23/h3-11,14-18H,1-2H3,(H3,31,33,35,38)/p+1. The normalized spacial score (nSPS) is 11.8. The van der Waals surface area contributed by atoms with Crippen LogP contribution in [0.1, 0.15) is 45.3 Å². The summed E-state index contributed by atoms with van der Waals surface area (Å²) in [5, 5.41) is 9.97. The summed E-state index contributed by atoms with van der Waals surface area (Å²) in [7, 11) is 0. The number of nitrogens with one attached hydrogen (secondary N) is 2. The SMILES string of the molecule is Cc1nc(C#Cc2cccc3cc(C(C)NC(=O)c4c(N)[nH][n+]5cccnc45)n(-c4ccccc4)c(=O)c23)cs1. The van der Waals surface area contributed by atoms with Crippen molar-refractivity contribution >= 4 is 39.5 Å². The molecule has 2 aromatic carbocycles. The van der Waals surface area contributed by atoms with Gasteiger partial charge in [0, 0.05) is 28.4 Å². The quantitative estimate of drug-likeness (QED) is 0.230. The second-order valence-corrected chi connectivity index (χ2v) is 10.3. The summed E-state index contributed by atoms with van der Waals surface area (Å²) in [4.78, 5) is 36.3. The summed E-state index contributed by atoms with van der Waals surface area (Å²) >= 11 is 1.53. The monoisotopic (exact) mass is 546 g/mol. The highest BCUT2D eigenvalue weighted by Gasteiger charge is 2.27. The van der Waals surface area contributed by atoms with Crippen molar-refractivity contribution in [2.75, 3.05) is 5.73 Å². The van der Waals surface area contributed by atoms with E-state index in [-0.39, 0.29) is 16.9 Å². The number of carbonyl (C=O) groups is 1. The van der Waals surface area contributed by atoms with E-state index < -0.39 is 11.9 Å². The Labute approximate surface area is 233 Å². The first-order valence-corrected chi connectivity index (χ1v) is 13.4. The Bertz CT molecular complexity index is 2030. The molecule has 1 atom stereocenters. The molecule has 0 radical (unpaired) electrons. The number of rotatable bonds is 4. The molecule has 0 bridgehead atoms. The lowest BCUT2D eigenvalue weighted by molar-refractivity contribution is -0.577. The largest absolute Gasteiger partial charge is 0.382 e. The van der Waals surface area contributed by atoms with Crippen molar-refractivity contribution in [1.29, 1.82) is 0 Å². The van der Waals surface area contributed by atoms with E-state index in [0.717, 1.165) is 10.4 Å². The Balaban J connectivity index is 1.48. The number of benzene rings is 2. The Morgan fingerprint density at radius 1 is 1.15 bits per heavy atom. The fraction of sp³-hybridized carbons (Fsp3) is 0.100.